The molecule has 0 atom stereocenters. The zero-order chi connectivity index (χ0) is 45.7. The first-order valence-electron chi connectivity index (χ1n) is 23.2. The van der Waals surface area contributed by atoms with Crippen molar-refractivity contribution in [2.45, 2.75) is 0 Å². The minimum Gasteiger partial charge on any atom is -0.310 e. The SMILES string of the molecule is c1ccc(-c2ccc3c(c2)c2cc(-c4ccccc4)ccc2n3-c2cc(N(c3ccc(-c4ccncc4)cc3)c3ccc(-c4ccccn4)cc3)cc(-n3c4ccccc4c4ccccc43)n2)cc1. The second-order valence-electron chi connectivity index (χ2n) is 17.3. The van der Waals surface area contributed by atoms with Gasteiger partial charge in [0, 0.05) is 69.2 Å². The van der Waals surface area contributed by atoms with Gasteiger partial charge in [0.05, 0.1) is 33.4 Å². The van der Waals surface area contributed by atoms with Gasteiger partial charge < -0.3 is 4.90 Å². The third-order valence-corrected chi connectivity index (χ3v) is 13.3. The van der Waals surface area contributed by atoms with Crippen LogP contribution >= 0.6 is 0 Å². The Morgan fingerprint density at radius 3 is 1.25 bits per heavy atom. The van der Waals surface area contributed by atoms with Crippen LogP contribution in [-0.2, 0) is 0 Å². The Hall–Kier alpha value is -9.39. The molecule has 0 aliphatic heterocycles. The van der Waals surface area contributed by atoms with Gasteiger partial charge >= 0.3 is 0 Å². The van der Waals surface area contributed by atoms with E-state index in [4.69, 9.17) is 4.98 Å². The van der Waals surface area contributed by atoms with Crippen molar-refractivity contribution >= 4 is 60.7 Å². The molecule has 6 nitrogen and oxygen atoms in total. The highest BCUT2D eigenvalue weighted by Crippen LogP contribution is 2.42. The highest BCUT2D eigenvalue weighted by Gasteiger charge is 2.22. The van der Waals surface area contributed by atoms with Gasteiger partial charge in [-0.3, -0.25) is 19.1 Å². The Bertz CT molecular complexity index is 3740. The van der Waals surface area contributed by atoms with E-state index in [1.807, 2.05) is 42.9 Å². The molecule has 0 unspecified atom stereocenters. The maximum absolute atomic E-state index is 5.74. The fourth-order valence-corrected chi connectivity index (χ4v) is 10.0. The zero-order valence-corrected chi connectivity index (χ0v) is 37.4. The number of aromatic nitrogens is 5. The largest absolute Gasteiger partial charge is 0.310 e. The Balaban J connectivity index is 1.09. The van der Waals surface area contributed by atoms with E-state index in [0.717, 1.165) is 95.0 Å². The fraction of sp³-hybridized carbons (Fsp3) is 0. The Morgan fingerprint density at radius 1 is 0.290 bits per heavy atom. The van der Waals surface area contributed by atoms with Gasteiger partial charge in [0.15, 0.2) is 0 Å². The number of anilines is 3. The predicted octanol–water partition coefficient (Wildman–Crippen LogP) is 16.2. The quantitative estimate of drug-likeness (QED) is 0.145. The van der Waals surface area contributed by atoms with Gasteiger partial charge in [-0.15, -0.1) is 0 Å². The van der Waals surface area contributed by atoms with Gasteiger partial charge in [0.25, 0.3) is 0 Å². The van der Waals surface area contributed by atoms with Gasteiger partial charge in [0.1, 0.15) is 11.6 Å². The number of benzene rings is 8. The van der Waals surface area contributed by atoms with Crippen LogP contribution in [0.5, 0.6) is 0 Å². The summed E-state index contributed by atoms with van der Waals surface area (Å²) in [5.74, 6) is 1.60. The number of para-hydroxylation sites is 2. The predicted molar refractivity (Wildman–Crippen MR) is 285 cm³/mol. The molecule has 0 N–H and O–H groups in total. The lowest BCUT2D eigenvalue weighted by Crippen LogP contribution is -2.13. The molecule has 8 aromatic carbocycles. The van der Waals surface area contributed by atoms with Crippen LogP contribution in [-0.4, -0.2) is 24.1 Å². The average molecular weight is 883 g/mol. The van der Waals surface area contributed by atoms with E-state index in [1.165, 1.54) is 21.9 Å². The summed E-state index contributed by atoms with van der Waals surface area (Å²) in [6.45, 7) is 0. The van der Waals surface area contributed by atoms with Crippen molar-refractivity contribution in [3.8, 4) is 56.3 Å². The monoisotopic (exact) mass is 882 g/mol. The molecular weight excluding hydrogens is 841 g/mol. The van der Waals surface area contributed by atoms with Crippen molar-refractivity contribution < 1.29 is 0 Å². The lowest BCUT2D eigenvalue weighted by atomic mass is 10.0. The Kier molecular flexibility index (Phi) is 9.72. The van der Waals surface area contributed by atoms with Crippen molar-refractivity contribution in [1.82, 2.24) is 24.1 Å². The summed E-state index contributed by atoms with van der Waals surface area (Å²) < 4.78 is 4.67. The molecule has 0 aliphatic rings. The molecule has 0 spiro atoms. The fourth-order valence-electron chi connectivity index (χ4n) is 10.0. The number of fused-ring (bicyclic) bond motifs is 6. The molecule has 0 fully saturated rings. The number of hydrogen-bond donors (Lipinski definition) is 0. The molecule has 13 rings (SSSR count). The lowest BCUT2D eigenvalue weighted by molar-refractivity contribution is 1.01. The number of rotatable bonds is 9. The van der Waals surface area contributed by atoms with Gasteiger partial charge in [-0.05, 0) is 118 Å². The summed E-state index contributed by atoms with van der Waals surface area (Å²) in [7, 11) is 0. The summed E-state index contributed by atoms with van der Waals surface area (Å²) in [4.78, 5) is 17.0. The first-order valence-corrected chi connectivity index (χ1v) is 23.2. The summed E-state index contributed by atoms with van der Waals surface area (Å²) in [5, 5.41) is 4.66. The molecular formula is C63H42N6. The summed E-state index contributed by atoms with van der Waals surface area (Å²) in [6, 6.07) is 84.4. The van der Waals surface area contributed by atoms with Crippen LogP contribution in [0.25, 0.3) is 99.9 Å². The van der Waals surface area contributed by atoms with E-state index < -0.39 is 0 Å². The van der Waals surface area contributed by atoms with Crippen molar-refractivity contribution in [2.75, 3.05) is 4.90 Å². The van der Waals surface area contributed by atoms with Gasteiger partial charge in [-0.2, -0.15) is 0 Å². The van der Waals surface area contributed by atoms with Crippen LogP contribution in [0.1, 0.15) is 0 Å². The molecule has 0 amide bonds. The van der Waals surface area contributed by atoms with E-state index in [1.54, 1.807) is 0 Å². The number of pyridine rings is 3. The summed E-state index contributed by atoms with van der Waals surface area (Å²) in [6.07, 6.45) is 5.52. The van der Waals surface area contributed by atoms with E-state index in [0.29, 0.717) is 0 Å². The molecule has 5 heterocycles. The minimum absolute atomic E-state index is 0.799. The summed E-state index contributed by atoms with van der Waals surface area (Å²) >= 11 is 0. The molecule has 0 saturated heterocycles. The van der Waals surface area contributed by atoms with Crippen molar-refractivity contribution in [2.24, 2.45) is 0 Å². The standard InChI is InChI=1S/C63H42N6/c1-3-13-43(14-4-1)48-26-32-60-55(39-48)56-40-49(44-15-5-2-6-16-44)27-33-61(56)69(60)63-42-52(41-62(66-63)68-58-20-9-7-17-53(58)54-18-8-10-21-59(54)68)67(50-28-22-45(23-29-50)46-34-37-64-38-35-46)51-30-24-47(25-31-51)57-19-11-12-36-65-57/h1-42H. The summed E-state index contributed by atoms with van der Waals surface area (Å²) in [5.41, 5.74) is 16.1. The zero-order valence-electron chi connectivity index (χ0n) is 37.4. The van der Waals surface area contributed by atoms with E-state index >= 15 is 0 Å². The van der Waals surface area contributed by atoms with Crippen LogP contribution in [0.2, 0.25) is 0 Å². The molecule has 0 saturated carbocycles. The average Bonchev–Trinajstić information content (AvgIpc) is 3.94. The van der Waals surface area contributed by atoms with Crippen LogP contribution in [0.15, 0.2) is 255 Å². The molecule has 0 aliphatic carbocycles. The maximum Gasteiger partial charge on any atom is 0.142 e. The topological polar surface area (TPSA) is 51.8 Å². The van der Waals surface area contributed by atoms with Crippen molar-refractivity contribution in [3.05, 3.63) is 255 Å². The Morgan fingerprint density at radius 2 is 0.725 bits per heavy atom. The molecule has 5 aromatic heterocycles. The highest BCUT2D eigenvalue weighted by molar-refractivity contribution is 6.12. The lowest BCUT2D eigenvalue weighted by Gasteiger charge is -2.27. The second-order valence-corrected chi connectivity index (χ2v) is 17.3. The first kappa shape index (κ1) is 39.9. The molecule has 324 valence electrons. The van der Waals surface area contributed by atoms with Crippen LogP contribution in [0.3, 0.4) is 0 Å². The Labute approximate surface area is 399 Å². The van der Waals surface area contributed by atoms with Crippen molar-refractivity contribution in [3.63, 3.8) is 0 Å². The molecule has 69 heavy (non-hydrogen) atoms. The van der Waals surface area contributed by atoms with Crippen molar-refractivity contribution in [1.29, 1.82) is 0 Å². The van der Waals surface area contributed by atoms with E-state index in [-0.39, 0.29) is 0 Å². The third kappa shape index (κ3) is 7.10. The minimum atomic E-state index is 0.799. The van der Waals surface area contributed by atoms with E-state index in [9.17, 15) is 0 Å². The molecule has 0 bridgehead atoms. The first-order chi connectivity index (χ1) is 34.2. The van der Waals surface area contributed by atoms with Crippen LogP contribution < -0.4 is 4.90 Å². The molecule has 13 aromatic rings. The second kappa shape index (κ2) is 16.8. The number of hydrogen-bond acceptors (Lipinski definition) is 4. The number of nitrogens with zero attached hydrogens (tertiary/aromatic N) is 6. The van der Waals surface area contributed by atoms with E-state index in [2.05, 4.69) is 236 Å². The third-order valence-electron chi connectivity index (χ3n) is 13.3. The van der Waals surface area contributed by atoms with Gasteiger partial charge in [-0.25, -0.2) is 4.98 Å². The smallest absolute Gasteiger partial charge is 0.142 e. The molecule has 0 radical (unpaired) electrons. The highest BCUT2D eigenvalue weighted by atomic mass is 15.2. The van der Waals surface area contributed by atoms with Crippen LogP contribution in [0, 0.1) is 0 Å². The maximum atomic E-state index is 5.74. The van der Waals surface area contributed by atoms with Gasteiger partial charge in [0.2, 0.25) is 0 Å². The molecule has 6 heteroatoms. The van der Waals surface area contributed by atoms with Gasteiger partial charge in [-0.1, -0.05) is 140 Å². The normalized spacial score (nSPS) is 11.5. The van der Waals surface area contributed by atoms with Crippen LogP contribution in [0.4, 0.5) is 17.1 Å².